The molecule has 0 spiro atoms. The van der Waals surface area contributed by atoms with Crippen LogP contribution in [0.15, 0.2) is 0 Å². The molecule has 6 heteroatoms. The fourth-order valence-electron chi connectivity index (χ4n) is 2.61. The number of hydrogen-bond acceptors (Lipinski definition) is 3. The molecule has 1 rings (SSSR count). The first-order valence-electron chi connectivity index (χ1n) is 6.88. The molecule has 0 bridgehead atoms. The van der Waals surface area contributed by atoms with Gasteiger partial charge in [0.1, 0.15) is 0 Å². The highest BCUT2D eigenvalue weighted by molar-refractivity contribution is 7.86. The maximum absolute atomic E-state index is 12.5. The molecule has 5 nitrogen and oxygen atoms in total. The Bertz CT molecular complexity index is 339. The summed E-state index contributed by atoms with van der Waals surface area (Å²) in [4.78, 5) is 0. The number of hydrogen-bond donors (Lipinski definition) is 1. The molecule has 108 valence electrons. The number of aliphatic hydroxyl groups excluding tert-OH is 1. The van der Waals surface area contributed by atoms with E-state index in [1.807, 2.05) is 13.8 Å². The van der Waals surface area contributed by atoms with Crippen molar-refractivity contribution in [1.29, 1.82) is 0 Å². The van der Waals surface area contributed by atoms with E-state index in [2.05, 4.69) is 0 Å². The summed E-state index contributed by atoms with van der Waals surface area (Å²) in [6.45, 7) is 7.00. The maximum atomic E-state index is 12.5. The second-order valence-corrected chi connectivity index (χ2v) is 6.82. The van der Waals surface area contributed by atoms with Gasteiger partial charge in [0.2, 0.25) is 0 Å². The molecule has 0 amide bonds. The van der Waals surface area contributed by atoms with E-state index in [1.165, 1.54) is 4.31 Å². The Morgan fingerprint density at radius 1 is 1.33 bits per heavy atom. The molecule has 1 aliphatic rings. The number of piperidine rings is 1. The highest BCUT2D eigenvalue weighted by atomic mass is 32.2. The van der Waals surface area contributed by atoms with Crippen LogP contribution in [0.4, 0.5) is 0 Å². The molecule has 1 N–H and O–H groups in total. The maximum Gasteiger partial charge on any atom is 0.282 e. The van der Waals surface area contributed by atoms with Gasteiger partial charge in [-0.2, -0.15) is 17.0 Å². The Balaban J connectivity index is 2.88. The Hall–Kier alpha value is -0.170. The van der Waals surface area contributed by atoms with Crippen LogP contribution >= 0.6 is 0 Å². The highest BCUT2D eigenvalue weighted by Crippen LogP contribution is 2.25. The van der Waals surface area contributed by atoms with E-state index in [4.69, 9.17) is 0 Å². The smallest absolute Gasteiger partial charge is 0.282 e. The monoisotopic (exact) mass is 278 g/mol. The molecule has 0 aromatic rings. The van der Waals surface area contributed by atoms with Crippen LogP contribution in [-0.4, -0.2) is 53.9 Å². The zero-order valence-corrected chi connectivity index (χ0v) is 12.5. The standard InChI is InChI=1S/C12H26N2O3S/c1-4-13(5-2)18(16,17)14-9-7-6-8-12(14)10-11(3)15/h11-12,15H,4-10H2,1-3H3. The fourth-order valence-corrected chi connectivity index (χ4v) is 4.48. The summed E-state index contributed by atoms with van der Waals surface area (Å²) in [5, 5.41) is 9.51. The summed E-state index contributed by atoms with van der Waals surface area (Å²) < 4.78 is 28.1. The molecule has 18 heavy (non-hydrogen) atoms. The first kappa shape index (κ1) is 15.9. The summed E-state index contributed by atoms with van der Waals surface area (Å²) in [6.07, 6.45) is 2.88. The van der Waals surface area contributed by atoms with Crippen LogP contribution in [-0.2, 0) is 10.2 Å². The first-order valence-corrected chi connectivity index (χ1v) is 8.28. The van der Waals surface area contributed by atoms with Gasteiger partial charge < -0.3 is 5.11 Å². The molecule has 2 atom stereocenters. The number of rotatable bonds is 6. The average Bonchev–Trinajstić information content (AvgIpc) is 2.30. The van der Waals surface area contributed by atoms with E-state index in [1.54, 1.807) is 11.2 Å². The molecule has 0 aromatic carbocycles. The van der Waals surface area contributed by atoms with E-state index in [-0.39, 0.29) is 6.04 Å². The zero-order chi connectivity index (χ0) is 13.8. The normalized spacial score (nSPS) is 24.4. The third-order valence-corrected chi connectivity index (χ3v) is 5.76. The van der Waals surface area contributed by atoms with Gasteiger partial charge in [0, 0.05) is 25.7 Å². The molecule has 2 unspecified atom stereocenters. The van der Waals surface area contributed by atoms with Crippen molar-refractivity contribution in [2.24, 2.45) is 0 Å². The molecule has 0 radical (unpaired) electrons. The fraction of sp³-hybridized carbons (Fsp3) is 1.00. The van der Waals surface area contributed by atoms with Crippen molar-refractivity contribution in [3.63, 3.8) is 0 Å². The van der Waals surface area contributed by atoms with Crippen LogP contribution in [0.25, 0.3) is 0 Å². The van der Waals surface area contributed by atoms with Gasteiger partial charge in [0.25, 0.3) is 10.2 Å². The number of nitrogens with zero attached hydrogens (tertiary/aromatic N) is 2. The number of aliphatic hydroxyl groups is 1. The van der Waals surface area contributed by atoms with E-state index < -0.39 is 16.3 Å². The predicted molar refractivity (Wildman–Crippen MR) is 72.5 cm³/mol. The Labute approximate surface area is 111 Å². The summed E-state index contributed by atoms with van der Waals surface area (Å²) in [5.41, 5.74) is 0. The lowest BCUT2D eigenvalue weighted by Gasteiger charge is -2.38. The lowest BCUT2D eigenvalue weighted by Crippen LogP contribution is -2.51. The van der Waals surface area contributed by atoms with Crippen LogP contribution in [0.2, 0.25) is 0 Å². The minimum absolute atomic E-state index is 0.0515. The van der Waals surface area contributed by atoms with Crippen LogP contribution in [0.3, 0.4) is 0 Å². The largest absolute Gasteiger partial charge is 0.393 e. The second-order valence-electron chi connectivity index (χ2n) is 4.94. The summed E-state index contributed by atoms with van der Waals surface area (Å²) >= 11 is 0. The molecule has 0 saturated carbocycles. The van der Waals surface area contributed by atoms with Gasteiger partial charge in [-0.3, -0.25) is 0 Å². The van der Waals surface area contributed by atoms with E-state index in [0.29, 0.717) is 26.1 Å². The molecule has 1 saturated heterocycles. The molecular formula is C12H26N2O3S. The zero-order valence-electron chi connectivity index (χ0n) is 11.7. The SMILES string of the molecule is CCN(CC)S(=O)(=O)N1CCCCC1CC(C)O. The molecule has 0 aliphatic carbocycles. The average molecular weight is 278 g/mol. The third-order valence-electron chi connectivity index (χ3n) is 3.51. The predicted octanol–water partition coefficient (Wildman–Crippen LogP) is 1.20. The summed E-state index contributed by atoms with van der Waals surface area (Å²) in [5.74, 6) is 0. The van der Waals surface area contributed by atoms with Crippen LogP contribution in [0.1, 0.15) is 46.5 Å². The van der Waals surface area contributed by atoms with Gasteiger partial charge in [0.15, 0.2) is 0 Å². The van der Waals surface area contributed by atoms with Crippen molar-refractivity contribution < 1.29 is 13.5 Å². The van der Waals surface area contributed by atoms with Crippen LogP contribution < -0.4 is 0 Å². The molecule has 1 aliphatic heterocycles. The van der Waals surface area contributed by atoms with E-state index >= 15 is 0 Å². The van der Waals surface area contributed by atoms with Gasteiger partial charge in [-0.15, -0.1) is 0 Å². The Morgan fingerprint density at radius 2 is 1.94 bits per heavy atom. The summed E-state index contributed by atoms with van der Waals surface area (Å²) in [6, 6.07) is -0.0515. The first-order chi connectivity index (χ1) is 8.43. The van der Waals surface area contributed by atoms with Gasteiger partial charge in [-0.25, -0.2) is 0 Å². The second kappa shape index (κ2) is 6.84. The van der Waals surface area contributed by atoms with Gasteiger partial charge in [-0.05, 0) is 26.2 Å². The van der Waals surface area contributed by atoms with Crippen molar-refractivity contribution in [2.75, 3.05) is 19.6 Å². The van der Waals surface area contributed by atoms with Gasteiger partial charge in [0.05, 0.1) is 6.10 Å². The molecule has 1 heterocycles. The third kappa shape index (κ3) is 3.66. The minimum Gasteiger partial charge on any atom is -0.393 e. The van der Waals surface area contributed by atoms with E-state index in [0.717, 1.165) is 19.3 Å². The highest BCUT2D eigenvalue weighted by Gasteiger charge is 2.35. The van der Waals surface area contributed by atoms with Crippen molar-refractivity contribution in [3.8, 4) is 0 Å². The van der Waals surface area contributed by atoms with Crippen molar-refractivity contribution in [1.82, 2.24) is 8.61 Å². The molecule has 0 aromatic heterocycles. The van der Waals surface area contributed by atoms with Gasteiger partial charge >= 0.3 is 0 Å². The van der Waals surface area contributed by atoms with Crippen molar-refractivity contribution >= 4 is 10.2 Å². The minimum atomic E-state index is -3.36. The van der Waals surface area contributed by atoms with Crippen molar-refractivity contribution in [2.45, 2.75) is 58.6 Å². The van der Waals surface area contributed by atoms with Crippen molar-refractivity contribution in [3.05, 3.63) is 0 Å². The Kier molecular flexibility index (Phi) is 6.04. The summed E-state index contributed by atoms with van der Waals surface area (Å²) in [7, 11) is -3.36. The molecule has 1 fully saturated rings. The van der Waals surface area contributed by atoms with E-state index in [9.17, 15) is 13.5 Å². The van der Waals surface area contributed by atoms with Gasteiger partial charge in [-0.1, -0.05) is 20.3 Å². The van der Waals surface area contributed by atoms with Crippen LogP contribution in [0.5, 0.6) is 0 Å². The Morgan fingerprint density at radius 3 is 2.44 bits per heavy atom. The molecular weight excluding hydrogens is 252 g/mol. The van der Waals surface area contributed by atoms with Crippen LogP contribution in [0, 0.1) is 0 Å². The lowest BCUT2D eigenvalue weighted by molar-refractivity contribution is 0.128. The topological polar surface area (TPSA) is 60.9 Å². The lowest BCUT2D eigenvalue weighted by atomic mass is 10.00. The quantitative estimate of drug-likeness (QED) is 0.794.